The summed E-state index contributed by atoms with van der Waals surface area (Å²) in [4.78, 5) is 23.7. The van der Waals surface area contributed by atoms with Gasteiger partial charge in [0.2, 0.25) is 11.9 Å². The Morgan fingerprint density at radius 1 is 1.20 bits per heavy atom. The molecule has 2 heterocycles. The summed E-state index contributed by atoms with van der Waals surface area (Å²) in [5.74, 6) is 0.871. The van der Waals surface area contributed by atoms with E-state index in [1.54, 1.807) is 12.4 Å². The summed E-state index contributed by atoms with van der Waals surface area (Å²) in [5, 5.41) is 3.97. The van der Waals surface area contributed by atoms with E-state index in [-0.39, 0.29) is 17.4 Å². The van der Waals surface area contributed by atoms with Gasteiger partial charge in [-0.2, -0.15) is 0 Å². The van der Waals surface area contributed by atoms with Gasteiger partial charge in [-0.3, -0.25) is 4.79 Å². The largest absolute Gasteiger partial charge is 0.351 e. The minimum atomic E-state index is -0.365. The lowest BCUT2D eigenvalue weighted by atomic mass is 9.94. The second-order valence-electron chi connectivity index (χ2n) is 6.90. The molecule has 0 radical (unpaired) electrons. The second kappa shape index (κ2) is 6.64. The number of hydrogen-bond acceptors (Lipinski definition) is 4. The Balaban J connectivity index is 1.43. The Bertz CT molecular complexity index is 746. The van der Waals surface area contributed by atoms with E-state index in [2.05, 4.69) is 20.2 Å². The maximum absolute atomic E-state index is 12.9. The molecule has 1 aromatic heterocycles. The van der Waals surface area contributed by atoms with Crippen molar-refractivity contribution in [2.24, 2.45) is 0 Å². The van der Waals surface area contributed by atoms with Crippen molar-refractivity contribution in [3.05, 3.63) is 53.3 Å². The molecular formula is C19H21ClN4O. The number of amides is 1. The number of nitrogens with zero attached hydrogens (tertiary/aromatic N) is 3. The number of carbonyl (C=O) groups is 1. The second-order valence-corrected chi connectivity index (χ2v) is 7.33. The predicted molar refractivity (Wildman–Crippen MR) is 97.8 cm³/mol. The molecule has 25 heavy (non-hydrogen) atoms. The number of hydrogen-bond donors (Lipinski definition) is 1. The number of aromatic nitrogens is 2. The van der Waals surface area contributed by atoms with Gasteiger partial charge < -0.3 is 10.2 Å². The fraction of sp³-hybridized carbons (Fsp3) is 0.421. The molecule has 1 amide bonds. The molecule has 0 spiro atoms. The van der Waals surface area contributed by atoms with Crippen molar-refractivity contribution in [3.8, 4) is 0 Å². The van der Waals surface area contributed by atoms with Crippen LogP contribution in [0.4, 0.5) is 5.95 Å². The number of nitrogens with one attached hydrogen (secondary N) is 1. The normalized spacial score (nSPS) is 21.6. The Kier molecular flexibility index (Phi) is 4.34. The Morgan fingerprint density at radius 2 is 1.92 bits per heavy atom. The van der Waals surface area contributed by atoms with Gasteiger partial charge in [0.15, 0.2) is 0 Å². The van der Waals surface area contributed by atoms with Crippen LogP contribution in [0.1, 0.15) is 31.2 Å². The van der Waals surface area contributed by atoms with Crippen LogP contribution in [0.15, 0.2) is 42.7 Å². The third-order valence-electron chi connectivity index (χ3n) is 5.17. The van der Waals surface area contributed by atoms with Crippen LogP contribution in [0.25, 0.3) is 0 Å². The van der Waals surface area contributed by atoms with Crippen molar-refractivity contribution in [1.29, 1.82) is 0 Å². The fourth-order valence-electron chi connectivity index (χ4n) is 3.60. The van der Waals surface area contributed by atoms with E-state index in [0.717, 1.165) is 50.3 Å². The predicted octanol–water partition coefficient (Wildman–Crippen LogP) is 2.95. The maximum atomic E-state index is 12.9. The topological polar surface area (TPSA) is 58.1 Å². The van der Waals surface area contributed by atoms with E-state index in [0.29, 0.717) is 5.02 Å². The Morgan fingerprint density at radius 3 is 2.60 bits per heavy atom. The summed E-state index contributed by atoms with van der Waals surface area (Å²) in [6, 6.07) is 9.61. The van der Waals surface area contributed by atoms with Crippen LogP contribution in [-0.4, -0.2) is 35.0 Å². The van der Waals surface area contributed by atoms with Gasteiger partial charge in [-0.25, -0.2) is 9.97 Å². The van der Waals surface area contributed by atoms with Crippen LogP contribution in [0.3, 0.4) is 0 Å². The first-order valence-electron chi connectivity index (χ1n) is 8.76. The first kappa shape index (κ1) is 16.3. The highest BCUT2D eigenvalue weighted by molar-refractivity contribution is 6.30. The molecule has 2 fully saturated rings. The first-order valence-corrected chi connectivity index (χ1v) is 9.14. The molecule has 1 saturated heterocycles. The van der Waals surface area contributed by atoms with Gasteiger partial charge in [-0.15, -0.1) is 0 Å². The molecule has 1 saturated carbocycles. The van der Waals surface area contributed by atoms with Crippen LogP contribution in [0.2, 0.25) is 5.02 Å². The maximum Gasteiger partial charge on any atom is 0.230 e. The van der Waals surface area contributed by atoms with Crippen molar-refractivity contribution < 1.29 is 4.79 Å². The third-order valence-corrected chi connectivity index (χ3v) is 5.43. The zero-order valence-electron chi connectivity index (χ0n) is 14.0. The lowest BCUT2D eigenvalue weighted by Crippen LogP contribution is -2.50. The van der Waals surface area contributed by atoms with Gasteiger partial charge in [0.25, 0.3) is 0 Å². The molecule has 1 aliphatic heterocycles. The first-order chi connectivity index (χ1) is 12.2. The summed E-state index contributed by atoms with van der Waals surface area (Å²) in [5.41, 5.74) is 0.698. The van der Waals surface area contributed by atoms with Crippen LogP contribution >= 0.6 is 11.6 Å². The quantitative estimate of drug-likeness (QED) is 0.915. The average Bonchev–Trinajstić information content (AvgIpc) is 3.45. The highest BCUT2D eigenvalue weighted by atomic mass is 35.5. The van der Waals surface area contributed by atoms with E-state index in [1.165, 1.54) is 0 Å². The van der Waals surface area contributed by atoms with Crippen molar-refractivity contribution in [2.45, 2.75) is 37.1 Å². The molecule has 1 N–H and O–H groups in total. The fourth-order valence-corrected chi connectivity index (χ4v) is 3.72. The van der Waals surface area contributed by atoms with Crippen molar-refractivity contribution in [2.75, 3.05) is 18.0 Å². The third kappa shape index (κ3) is 3.33. The number of piperidine rings is 1. The zero-order chi connectivity index (χ0) is 17.3. The van der Waals surface area contributed by atoms with Crippen molar-refractivity contribution >= 4 is 23.5 Å². The smallest absolute Gasteiger partial charge is 0.230 e. The average molecular weight is 357 g/mol. The Labute approximate surface area is 152 Å². The number of anilines is 1. The minimum absolute atomic E-state index is 0.134. The van der Waals surface area contributed by atoms with E-state index in [4.69, 9.17) is 11.6 Å². The van der Waals surface area contributed by atoms with Gasteiger partial charge in [-0.1, -0.05) is 23.7 Å². The summed E-state index contributed by atoms with van der Waals surface area (Å²) in [6.45, 7) is 1.69. The van der Waals surface area contributed by atoms with Crippen LogP contribution < -0.4 is 10.2 Å². The molecular weight excluding hydrogens is 336 g/mol. The standard InChI is InChI=1S/C19H21ClN4O/c20-15-6-4-14(5-7-15)19(8-9-19)17(25)23-16-3-1-12-24(13-16)18-21-10-2-11-22-18/h2,4-7,10-11,16H,1,3,8-9,12-13H2,(H,23,25)/t16-/m1/s1. The number of benzene rings is 1. The Hall–Kier alpha value is -2.14. The van der Waals surface area contributed by atoms with Gasteiger partial charge in [0.1, 0.15) is 0 Å². The highest BCUT2D eigenvalue weighted by Gasteiger charge is 2.51. The lowest BCUT2D eigenvalue weighted by Gasteiger charge is -2.34. The highest BCUT2D eigenvalue weighted by Crippen LogP contribution is 2.48. The molecule has 2 aliphatic rings. The summed E-state index contributed by atoms with van der Waals surface area (Å²) in [7, 11) is 0. The molecule has 1 atom stereocenters. The van der Waals surface area contributed by atoms with Gasteiger partial charge >= 0.3 is 0 Å². The number of carbonyl (C=O) groups excluding carboxylic acids is 1. The van der Waals surface area contributed by atoms with Crippen molar-refractivity contribution in [1.82, 2.24) is 15.3 Å². The number of rotatable bonds is 4. The van der Waals surface area contributed by atoms with E-state index in [9.17, 15) is 4.79 Å². The molecule has 2 aromatic rings. The summed E-state index contributed by atoms with van der Waals surface area (Å²) < 4.78 is 0. The van der Waals surface area contributed by atoms with E-state index in [1.807, 2.05) is 30.3 Å². The monoisotopic (exact) mass is 356 g/mol. The van der Waals surface area contributed by atoms with Crippen molar-refractivity contribution in [3.63, 3.8) is 0 Å². The minimum Gasteiger partial charge on any atom is -0.351 e. The molecule has 0 bridgehead atoms. The van der Waals surface area contributed by atoms with E-state index >= 15 is 0 Å². The van der Waals surface area contributed by atoms with Crippen LogP contribution in [0, 0.1) is 0 Å². The molecule has 1 aliphatic carbocycles. The molecule has 6 heteroatoms. The lowest BCUT2D eigenvalue weighted by molar-refractivity contribution is -0.124. The summed E-state index contributed by atoms with van der Waals surface area (Å²) in [6.07, 6.45) is 7.33. The molecule has 0 unspecified atom stereocenters. The molecule has 4 rings (SSSR count). The molecule has 5 nitrogen and oxygen atoms in total. The van der Waals surface area contributed by atoms with Gasteiger partial charge in [0, 0.05) is 36.5 Å². The summed E-state index contributed by atoms with van der Waals surface area (Å²) >= 11 is 5.97. The molecule has 1 aromatic carbocycles. The SMILES string of the molecule is O=C(N[C@@H]1CCCN(c2ncccn2)C1)C1(c2ccc(Cl)cc2)CC1. The van der Waals surface area contributed by atoms with Gasteiger partial charge in [0.05, 0.1) is 5.41 Å². The van der Waals surface area contributed by atoms with Crippen LogP contribution in [0.5, 0.6) is 0 Å². The van der Waals surface area contributed by atoms with E-state index < -0.39 is 0 Å². The van der Waals surface area contributed by atoms with Crippen LogP contribution in [-0.2, 0) is 10.2 Å². The van der Waals surface area contributed by atoms with Gasteiger partial charge in [-0.05, 0) is 49.4 Å². The zero-order valence-corrected chi connectivity index (χ0v) is 14.7. The number of halogens is 1. The molecule has 130 valence electrons.